The van der Waals surface area contributed by atoms with Crippen LogP contribution in [0.1, 0.15) is 43.9 Å². The number of fused-ring (bicyclic) bond motifs is 1. The number of amides is 1. The lowest BCUT2D eigenvalue weighted by molar-refractivity contribution is -0.139. The third-order valence-corrected chi connectivity index (χ3v) is 7.93. The quantitative estimate of drug-likeness (QED) is 0.392. The number of ether oxygens (including phenoxy) is 3. The number of thiazole rings is 1. The van der Waals surface area contributed by atoms with E-state index in [9.17, 15) is 14.4 Å². The Bertz CT molecular complexity index is 1610. The monoisotopic (exact) mass is 561 g/mol. The van der Waals surface area contributed by atoms with Gasteiger partial charge >= 0.3 is 5.97 Å². The largest absolute Gasteiger partial charge is 0.497 e. The first-order valence-electron chi connectivity index (χ1n) is 13.2. The number of allylic oxidation sites excluding steroid dienone is 1. The number of likely N-dealkylation sites (tertiary alicyclic amines) is 1. The van der Waals surface area contributed by atoms with Crippen molar-refractivity contribution >= 4 is 29.3 Å². The minimum Gasteiger partial charge on any atom is -0.497 e. The molecule has 0 bridgehead atoms. The van der Waals surface area contributed by atoms with Crippen molar-refractivity contribution < 1.29 is 23.8 Å². The Morgan fingerprint density at radius 2 is 1.73 bits per heavy atom. The molecule has 40 heavy (non-hydrogen) atoms. The topological polar surface area (TPSA) is 99.4 Å². The van der Waals surface area contributed by atoms with Gasteiger partial charge in [0.05, 0.1) is 35.6 Å². The van der Waals surface area contributed by atoms with Gasteiger partial charge in [-0.05, 0) is 68.2 Å². The summed E-state index contributed by atoms with van der Waals surface area (Å²) in [6.45, 7) is 5.30. The number of rotatable bonds is 8. The zero-order chi connectivity index (χ0) is 28.2. The fraction of sp³-hybridized carbons (Fsp3) is 0.333. The Morgan fingerprint density at radius 1 is 1.05 bits per heavy atom. The van der Waals surface area contributed by atoms with Gasteiger partial charge in [0.15, 0.2) is 11.4 Å². The van der Waals surface area contributed by atoms with Gasteiger partial charge in [0, 0.05) is 13.1 Å². The van der Waals surface area contributed by atoms with Gasteiger partial charge in [0.1, 0.15) is 11.5 Å². The summed E-state index contributed by atoms with van der Waals surface area (Å²) in [5.74, 6) is 0.743. The minimum absolute atomic E-state index is 0.00541. The van der Waals surface area contributed by atoms with Crippen LogP contribution in [0.4, 0.5) is 0 Å². The third-order valence-electron chi connectivity index (χ3n) is 6.95. The fourth-order valence-corrected chi connectivity index (χ4v) is 5.95. The van der Waals surface area contributed by atoms with E-state index in [1.807, 2.05) is 29.2 Å². The molecule has 2 aliphatic rings. The lowest BCUT2D eigenvalue weighted by atomic mass is 9.96. The molecule has 5 rings (SSSR count). The number of carbonyl (C=O) groups is 2. The number of esters is 1. The molecule has 3 aromatic rings. The molecule has 0 N–H and O–H groups in total. The smallest absolute Gasteiger partial charge is 0.338 e. The highest BCUT2D eigenvalue weighted by Crippen LogP contribution is 2.31. The van der Waals surface area contributed by atoms with E-state index in [2.05, 4.69) is 4.99 Å². The predicted molar refractivity (Wildman–Crippen MR) is 151 cm³/mol. The summed E-state index contributed by atoms with van der Waals surface area (Å²) in [6.07, 6.45) is 3.87. The molecule has 1 aromatic heterocycles. The molecule has 1 saturated heterocycles. The van der Waals surface area contributed by atoms with Crippen molar-refractivity contribution in [2.24, 2.45) is 4.99 Å². The lowest BCUT2D eigenvalue weighted by Gasteiger charge is -2.24. The van der Waals surface area contributed by atoms with Crippen LogP contribution in [-0.2, 0) is 14.3 Å². The molecule has 1 amide bonds. The molecule has 3 heterocycles. The van der Waals surface area contributed by atoms with E-state index in [4.69, 9.17) is 14.2 Å². The van der Waals surface area contributed by atoms with Crippen LogP contribution in [0.3, 0.4) is 0 Å². The van der Waals surface area contributed by atoms with Crippen LogP contribution in [0.2, 0.25) is 0 Å². The van der Waals surface area contributed by atoms with Crippen LogP contribution in [-0.4, -0.2) is 54.8 Å². The van der Waals surface area contributed by atoms with Crippen LogP contribution in [0.5, 0.6) is 11.5 Å². The Hall–Kier alpha value is -4.18. The molecule has 0 saturated carbocycles. The predicted octanol–water partition coefficient (Wildman–Crippen LogP) is 2.81. The number of carbonyl (C=O) groups excluding carboxylic acids is 2. The van der Waals surface area contributed by atoms with Crippen molar-refractivity contribution in [1.82, 2.24) is 9.47 Å². The zero-order valence-corrected chi connectivity index (χ0v) is 23.5. The fourth-order valence-electron chi connectivity index (χ4n) is 4.91. The second kappa shape index (κ2) is 11.9. The highest BCUT2D eigenvalue weighted by molar-refractivity contribution is 7.07. The van der Waals surface area contributed by atoms with E-state index >= 15 is 0 Å². The first-order chi connectivity index (χ1) is 19.4. The summed E-state index contributed by atoms with van der Waals surface area (Å²) in [4.78, 5) is 46.0. The van der Waals surface area contributed by atoms with Gasteiger partial charge in [-0.2, -0.15) is 0 Å². The van der Waals surface area contributed by atoms with E-state index in [0.717, 1.165) is 37.1 Å². The Morgan fingerprint density at radius 3 is 2.38 bits per heavy atom. The number of hydrogen-bond acceptors (Lipinski definition) is 8. The van der Waals surface area contributed by atoms with Gasteiger partial charge in [0.2, 0.25) is 0 Å². The molecule has 0 unspecified atom stereocenters. The zero-order valence-electron chi connectivity index (χ0n) is 22.7. The van der Waals surface area contributed by atoms with Crippen molar-refractivity contribution in [3.05, 3.63) is 90.6 Å². The summed E-state index contributed by atoms with van der Waals surface area (Å²) in [5, 5.41) is 0. The van der Waals surface area contributed by atoms with E-state index in [-0.39, 0.29) is 24.7 Å². The van der Waals surface area contributed by atoms with Crippen LogP contribution in [0.25, 0.3) is 6.08 Å². The van der Waals surface area contributed by atoms with Crippen molar-refractivity contribution in [3.8, 4) is 11.5 Å². The molecule has 1 fully saturated rings. The maximum Gasteiger partial charge on any atom is 0.338 e. The summed E-state index contributed by atoms with van der Waals surface area (Å²) in [7, 11) is 1.58. The first-order valence-corrected chi connectivity index (χ1v) is 14.1. The highest BCUT2D eigenvalue weighted by atomic mass is 32.1. The van der Waals surface area contributed by atoms with Gasteiger partial charge in [-0.15, -0.1) is 0 Å². The van der Waals surface area contributed by atoms with Gasteiger partial charge in [-0.3, -0.25) is 14.2 Å². The average molecular weight is 562 g/mol. The van der Waals surface area contributed by atoms with Crippen LogP contribution < -0.4 is 24.4 Å². The van der Waals surface area contributed by atoms with Crippen molar-refractivity contribution in [3.63, 3.8) is 0 Å². The summed E-state index contributed by atoms with van der Waals surface area (Å²) in [6, 6.07) is 13.8. The summed E-state index contributed by atoms with van der Waals surface area (Å²) in [5.41, 5.74) is 2.13. The molecule has 9 nitrogen and oxygen atoms in total. The Balaban J connectivity index is 1.46. The van der Waals surface area contributed by atoms with Gasteiger partial charge in [0.25, 0.3) is 11.5 Å². The van der Waals surface area contributed by atoms with Gasteiger partial charge in [-0.1, -0.05) is 35.6 Å². The Labute approximate surface area is 235 Å². The molecular formula is C30H31N3O6S. The minimum atomic E-state index is -0.688. The highest BCUT2D eigenvalue weighted by Gasteiger charge is 2.33. The summed E-state index contributed by atoms with van der Waals surface area (Å²) < 4.78 is 18.3. The van der Waals surface area contributed by atoms with Crippen LogP contribution in [0.15, 0.2) is 69.6 Å². The van der Waals surface area contributed by atoms with Crippen molar-refractivity contribution in [2.45, 2.75) is 32.7 Å². The standard InChI is InChI=1S/C30H31N3O6S/c1-4-38-29(36)26-19(2)31-30-33(27(26)21-9-13-22(37-3)14-10-21)28(35)24(40-30)17-20-7-11-23(12-8-20)39-18-25(34)32-15-5-6-16-32/h7-14,17,27H,4-6,15-16,18H2,1-3H3/b24-17+/t27-/m0/s1. The summed E-state index contributed by atoms with van der Waals surface area (Å²) >= 11 is 1.26. The number of aromatic nitrogens is 1. The van der Waals surface area contributed by atoms with E-state index in [1.165, 1.54) is 11.3 Å². The molecule has 1 atom stereocenters. The lowest BCUT2D eigenvalue weighted by Crippen LogP contribution is -2.39. The molecule has 0 spiro atoms. The molecule has 2 aliphatic heterocycles. The van der Waals surface area contributed by atoms with Crippen molar-refractivity contribution in [2.75, 3.05) is 33.4 Å². The Kier molecular flexibility index (Phi) is 8.16. The van der Waals surface area contributed by atoms with Crippen LogP contribution in [0, 0.1) is 0 Å². The maximum atomic E-state index is 13.7. The SMILES string of the molecule is CCOC(=O)C1=C(C)N=c2s/c(=C/c3ccc(OCC(=O)N4CCCC4)cc3)c(=O)n2[C@H]1c1ccc(OC)cc1. The van der Waals surface area contributed by atoms with E-state index < -0.39 is 12.0 Å². The molecule has 10 heteroatoms. The second-order valence-corrected chi connectivity index (χ2v) is 10.5. The molecule has 0 aliphatic carbocycles. The van der Waals surface area contributed by atoms with E-state index in [1.54, 1.807) is 55.9 Å². The number of methoxy groups -OCH3 is 1. The van der Waals surface area contributed by atoms with Gasteiger partial charge < -0.3 is 19.1 Å². The van der Waals surface area contributed by atoms with Crippen molar-refractivity contribution in [1.29, 1.82) is 0 Å². The molecular weight excluding hydrogens is 530 g/mol. The molecule has 0 radical (unpaired) electrons. The number of nitrogens with zero attached hydrogens (tertiary/aromatic N) is 3. The number of benzene rings is 2. The van der Waals surface area contributed by atoms with E-state index in [0.29, 0.717) is 32.1 Å². The maximum absolute atomic E-state index is 13.7. The number of hydrogen-bond donors (Lipinski definition) is 0. The second-order valence-electron chi connectivity index (χ2n) is 9.52. The third kappa shape index (κ3) is 5.58. The van der Waals surface area contributed by atoms with Gasteiger partial charge in [-0.25, -0.2) is 9.79 Å². The first kappa shape index (κ1) is 27.4. The average Bonchev–Trinajstić information content (AvgIpc) is 3.61. The molecule has 208 valence electrons. The van der Waals surface area contributed by atoms with Crippen LogP contribution >= 0.6 is 11.3 Å². The molecule has 2 aromatic carbocycles. The normalized spacial score (nSPS) is 16.9.